The van der Waals surface area contributed by atoms with Crippen molar-refractivity contribution >= 4 is 6.03 Å². The monoisotopic (exact) mass is 222 g/mol. The first kappa shape index (κ1) is 14.1. The molecule has 0 aliphatic rings. The average Bonchev–Trinajstić information content (AvgIpc) is 2.25. The number of hydrogen-bond acceptors (Lipinski definition) is 6. The lowest BCUT2D eigenvalue weighted by atomic mass is 10.5. The molecule has 15 heavy (non-hydrogen) atoms. The molecule has 0 aromatic carbocycles. The van der Waals surface area contributed by atoms with Crippen molar-refractivity contribution in [2.24, 2.45) is 5.84 Å². The number of nitrogens with zero attached hydrogens (tertiary/aromatic N) is 3. The van der Waals surface area contributed by atoms with Crippen LogP contribution < -0.4 is 5.84 Å². The normalized spacial score (nSPS) is 10.5. The quantitative estimate of drug-likeness (QED) is 0.384. The van der Waals surface area contributed by atoms with E-state index in [1.165, 1.54) is 21.3 Å². The smallest absolute Gasteiger partial charge is 0.259 e. The number of hydrazine groups is 2. The van der Waals surface area contributed by atoms with Crippen molar-refractivity contribution in [2.75, 3.05) is 27.9 Å². The maximum absolute atomic E-state index is 11.6. The number of carbonyl (C=O) groups excluding carboxylic acids is 1. The summed E-state index contributed by atoms with van der Waals surface area (Å²) in [5.41, 5.74) is 0. The summed E-state index contributed by atoms with van der Waals surface area (Å²) in [5, 5.41) is 2.50. The number of nitrogens with two attached hydrogens (primary N) is 1. The summed E-state index contributed by atoms with van der Waals surface area (Å²) in [6.07, 6.45) is 0.736. The molecule has 0 radical (unpaired) electrons. The van der Waals surface area contributed by atoms with Gasteiger partial charge in [-0.1, -0.05) is 12.1 Å². The molecule has 8 nitrogen and oxygen atoms in total. The molecule has 90 valence electrons. The van der Waals surface area contributed by atoms with Crippen LogP contribution in [0.1, 0.15) is 13.3 Å². The zero-order valence-corrected chi connectivity index (χ0v) is 9.47. The molecule has 0 heterocycles. The number of carbonyl (C=O) groups is 1. The van der Waals surface area contributed by atoms with E-state index in [0.29, 0.717) is 6.54 Å². The Bertz CT molecular complexity index is 188. The lowest BCUT2D eigenvalue weighted by Crippen LogP contribution is -2.53. The molecule has 0 aromatic rings. The summed E-state index contributed by atoms with van der Waals surface area (Å²) in [4.78, 5) is 25.8. The third-order valence-electron chi connectivity index (χ3n) is 1.51. The van der Waals surface area contributed by atoms with E-state index in [1.807, 2.05) is 6.92 Å². The van der Waals surface area contributed by atoms with E-state index in [1.54, 1.807) is 0 Å². The Balaban J connectivity index is 4.44. The predicted octanol–water partition coefficient (Wildman–Crippen LogP) is -0.105. The Hall–Kier alpha value is -0.930. The molecule has 0 bridgehead atoms. The highest BCUT2D eigenvalue weighted by atomic mass is 17.0. The molecule has 0 aliphatic carbocycles. The minimum Gasteiger partial charge on any atom is -0.259 e. The first-order valence-corrected chi connectivity index (χ1v) is 4.41. The molecular weight excluding hydrogens is 204 g/mol. The Morgan fingerprint density at radius 1 is 1.20 bits per heavy atom. The topological polar surface area (TPSA) is 80.5 Å². The van der Waals surface area contributed by atoms with Crippen molar-refractivity contribution in [1.82, 2.24) is 15.5 Å². The van der Waals surface area contributed by atoms with Crippen LogP contribution in [-0.4, -0.2) is 49.4 Å². The van der Waals surface area contributed by atoms with Gasteiger partial charge >= 0.3 is 6.03 Å². The Kier molecular flexibility index (Phi) is 6.92. The number of urea groups is 1. The molecule has 0 rings (SSSR count). The molecule has 0 spiro atoms. The van der Waals surface area contributed by atoms with Gasteiger partial charge in [0.25, 0.3) is 0 Å². The largest absolute Gasteiger partial charge is 0.377 e. The van der Waals surface area contributed by atoms with Gasteiger partial charge in [0.15, 0.2) is 0 Å². The summed E-state index contributed by atoms with van der Waals surface area (Å²) < 4.78 is 0. The second-order valence-electron chi connectivity index (χ2n) is 2.53. The molecular formula is C7H18N4O4. The molecule has 0 saturated heterocycles. The van der Waals surface area contributed by atoms with Gasteiger partial charge in [0, 0.05) is 6.54 Å². The van der Waals surface area contributed by atoms with Gasteiger partial charge in [-0.15, -0.1) is 0 Å². The van der Waals surface area contributed by atoms with E-state index in [0.717, 1.165) is 21.9 Å². The third kappa shape index (κ3) is 3.98. The van der Waals surface area contributed by atoms with Crippen LogP contribution in [0.4, 0.5) is 4.79 Å². The van der Waals surface area contributed by atoms with Crippen LogP contribution in [0.15, 0.2) is 0 Å². The zero-order chi connectivity index (χ0) is 11.8. The van der Waals surface area contributed by atoms with Crippen molar-refractivity contribution in [3.8, 4) is 0 Å². The molecule has 8 heteroatoms. The minimum absolute atomic E-state index is 0.403. The summed E-state index contributed by atoms with van der Waals surface area (Å²) >= 11 is 0. The van der Waals surface area contributed by atoms with Crippen molar-refractivity contribution in [2.45, 2.75) is 13.3 Å². The second-order valence-corrected chi connectivity index (χ2v) is 2.53. The van der Waals surface area contributed by atoms with E-state index in [4.69, 9.17) is 20.4 Å². The van der Waals surface area contributed by atoms with E-state index >= 15 is 0 Å². The van der Waals surface area contributed by atoms with Gasteiger partial charge in [-0.05, 0) is 6.42 Å². The summed E-state index contributed by atoms with van der Waals surface area (Å²) in [6.45, 7) is 2.30. The highest BCUT2D eigenvalue weighted by Crippen LogP contribution is 2.02. The number of rotatable bonds is 6. The third-order valence-corrected chi connectivity index (χ3v) is 1.51. The van der Waals surface area contributed by atoms with Crippen molar-refractivity contribution < 1.29 is 19.3 Å². The molecule has 0 aromatic heterocycles. The van der Waals surface area contributed by atoms with E-state index < -0.39 is 6.03 Å². The minimum atomic E-state index is -0.594. The van der Waals surface area contributed by atoms with E-state index in [9.17, 15) is 4.79 Å². The summed E-state index contributed by atoms with van der Waals surface area (Å²) in [7, 11) is 3.94. The lowest BCUT2D eigenvalue weighted by molar-refractivity contribution is -0.493. The van der Waals surface area contributed by atoms with Crippen molar-refractivity contribution in [3.63, 3.8) is 0 Å². The fraction of sp³-hybridized carbons (Fsp3) is 0.857. The number of hydroxylamine groups is 1. The summed E-state index contributed by atoms with van der Waals surface area (Å²) in [6, 6.07) is -0.594. The standard InChI is InChI=1S/C7H18N4O4/c1-5-6-9(8)7(12)10(13-2)11(14-3)15-4/h5-6,8H2,1-4H3. The Morgan fingerprint density at radius 3 is 2.07 bits per heavy atom. The van der Waals surface area contributed by atoms with Crippen LogP contribution in [0.2, 0.25) is 0 Å². The van der Waals surface area contributed by atoms with Gasteiger partial charge < -0.3 is 0 Å². The Labute approximate surface area is 88.9 Å². The molecule has 0 aliphatic heterocycles. The fourth-order valence-corrected chi connectivity index (χ4v) is 0.884. The highest BCUT2D eigenvalue weighted by Gasteiger charge is 2.25. The van der Waals surface area contributed by atoms with Gasteiger partial charge in [0.2, 0.25) is 0 Å². The predicted molar refractivity (Wildman–Crippen MR) is 51.3 cm³/mol. The first-order valence-electron chi connectivity index (χ1n) is 4.41. The van der Waals surface area contributed by atoms with Gasteiger partial charge in [0.1, 0.15) is 0 Å². The number of amides is 2. The molecule has 0 saturated carbocycles. The van der Waals surface area contributed by atoms with Gasteiger partial charge in [0.05, 0.1) is 26.7 Å². The van der Waals surface area contributed by atoms with Crippen LogP contribution in [0, 0.1) is 0 Å². The van der Waals surface area contributed by atoms with Crippen LogP contribution in [0.25, 0.3) is 0 Å². The lowest BCUT2D eigenvalue weighted by Gasteiger charge is -2.29. The first-order chi connectivity index (χ1) is 7.12. The van der Waals surface area contributed by atoms with E-state index in [2.05, 4.69) is 0 Å². The van der Waals surface area contributed by atoms with Crippen molar-refractivity contribution in [3.05, 3.63) is 0 Å². The highest BCUT2D eigenvalue weighted by molar-refractivity contribution is 5.71. The molecule has 0 unspecified atom stereocenters. The maximum Gasteiger partial charge on any atom is 0.377 e. The maximum atomic E-state index is 11.6. The van der Waals surface area contributed by atoms with Crippen LogP contribution in [0.5, 0.6) is 0 Å². The van der Waals surface area contributed by atoms with Crippen LogP contribution in [-0.2, 0) is 14.5 Å². The van der Waals surface area contributed by atoms with E-state index in [-0.39, 0.29) is 0 Å². The Morgan fingerprint density at radius 2 is 1.73 bits per heavy atom. The SMILES string of the molecule is CCCN(N)C(=O)N(OC)N(OC)OC. The van der Waals surface area contributed by atoms with Gasteiger partial charge in [-0.2, -0.15) is 0 Å². The average molecular weight is 222 g/mol. The van der Waals surface area contributed by atoms with Crippen LogP contribution >= 0.6 is 0 Å². The summed E-state index contributed by atoms with van der Waals surface area (Å²) in [5.74, 6) is 5.48. The van der Waals surface area contributed by atoms with Crippen molar-refractivity contribution in [1.29, 1.82) is 0 Å². The zero-order valence-electron chi connectivity index (χ0n) is 9.47. The molecule has 0 fully saturated rings. The fourth-order valence-electron chi connectivity index (χ4n) is 0.884. The number of hydrogen-bond donors (Lipinski definition) is 1. The van der Waals surface area contributed by atoms with Gasteiger partial charge in [-0.3, -0.25) is 19.5 Å². The molecule has 2 N–H and O–H groups in total. The molecule has 0 atom stereocenters. The van der Waals surface area contributed by atoms with Gasteiger partial charge in [-0.25, -0.2) is 10.6 Å². The second kappa shape index (κ2) is 7.37. The molecule has 2 amide bonds. The van der Waals surface area contributed by atoms with Crippen LogP contribution in [0.3, 0.4) is 0 Å².